The smallest absolute Gasteiger partial charge is 0.317 e. The standard InChI is InChI=1S/C10H21N3O/c1-3-13(4-2)10(14)12-8-7-11-9-5-6-9/h9,11H,3-8H2,1-2H3,(H,12,14). The molecule has 0 spiro atoms. The molecule has 1 saturated carbocycles. The van der Waals surface area contributed by atoms with E-state index in [0.29, 0.717) is 0 Å². The van der Waals surface area contributed by atoms with Crippen LogP contribution < -0.4 is 10.6 Å². The van der Waals surface area contributed by atoms with E-state index in [9.17, 15) is 4.79 Å². The number of rotatable bonds is 6. The number of hydrogen-bond donors (Lipinski definition) is 2. The first-order valence-electron chi connectivity index (χ1n) is 5.54. The zero-order chi connectivity index (χ0) is 10.4. The largest absolute Gasteiger partial charge is 0.337 e. The van der Waals surface area contributed by atoms with Crippen molar-refractivity contribution in [1.82, 2.24) is 15.5 Å². The number of nitrogens with zero attached hydrogens (tertiary/aromatic N) is 1. The molecule has 2 amide bonds. The Morgan fingerprint density at radius 1 is 1.29 bits per heavy atom. The summed E-state index contributed by atoms with van der Waals surface area (Å²) in [5, 5.41) is 6.25. The maximum atomic E-state index is 11.5. The van der Waals surface area contributed by atoms with Gasteiger partial charge in [0.1, 0.15) is 0 Å². The van der Waals surface area contributed by atoms with Crippen LogP contribution in [-0.2, 0) is 0 Å². The van der Waals surface area contributed by atoms with Gasteiger partial charge in [-0.3, -0.25) is 0 Å². The molecule has 0 unspecified atom stereocenters. The maximum Gasteiger partial charge on any atom is 0.317 e. The minimum Gasteiger partial charge on any atom is -0.337 e. The van der Waals surface area contributed by atoms with E-state index in [1.54, 1.807) is 4.90 Å². The molecular weight excluding hydrogens is 178 g/mol. The third-order valence-corrected chi connectivity index (χ3v) is 2.46. The molecule has 2 N–H and O–H groups in total. The van der Waals surface area contributed by atoms with Gasteiger partial charge in [-0.05, 0) is 26.7 Å². The first kappa shape index (κ1) is 11.3. The fraction of sp³-hybridized carbons (Fsp3) is 0.900. The van der Waals surface area contributed by atoms with Crippen LogP contribution in [0.25, 0.3) is 0 Å². The first-order chi connectivity index (χ1) is 6.77. The van der Waals surface area contributed by atoms with Gasteiger partial charge in [-0.1, -0.05) is 0 Å². The van der Waals surface area contributed by atoms with E-state index in [1.165, 1.54) is 12.8 Å². The van der Waals surface area contributed by atoms with Crippen LogP contribution in [0.2, 0.25) is 0 Å². The Kier molecular flexibility index (Phi) is 4.73. The van der Waals surface area contributed by atoms with Gasteiger partial charge in [-0.25, -0.2) is 4.79 Å². The number of amides is 2. The van der Waals surface area contributed by atoms with Gasteiger partial charge in [-0.15, -0.1) is 0 Å². The Balaban J connectivity index is 2.00. The number of carbonyl (C=O) groups is 1. The SMILES string of the molecule is CCN(CC)C(=O)NCCNC1CC1. The lowest BCUT2D eigenvalue weighted by molar-refractivity contribution is 0.203. The third kappa shape index (κ3) is 3.96. The number of urea groups is 1. The van der Waals surface area contributed by atoms with Gasteiger partial charge >= 0.3 is 6.03 Å². The quantitative estimate of drug-likeness (QED) is 0.621. The molecule has 0 heterocycles. The average molecular weight is 199 g/mol. The highest BCUT2D eigenvalue weighted by atomic mass is 16.2. The third-order valence-electron chi connectivity index (χ3n) is 2.46. The van der Waals surface area contributed by atoms with E-state index in [0.717, 1.165) is 32.2 Å². The Morgan fingerprint density at radius 2 is 1.93 bits per heavy atom. The van der Waals surface area contributed by atoms with Crippen LogP contribution in [0.5, 0.6) is 0 Å². The van der Waals surface area contributed by atoms with Crippen LogP contribution >= 0.6 is 0 Å². The molecule has 0 aromatic rings. The molecule has 1 rings (SSSR count). The molecule has 82 valence electrons. The topological polar surface area (TPSA) is 44.4 Å². The summed E-state index contributed by atoms with van der Waals surface area (Å²) in [6, 6.07) is 0.771. The van der Waals surface area contributed by atoms with E-state index >= 15 is 0 Å². The zero-order valence-electron chi connectivity index (χ0n) is 9.18. The predicted octanol–water partition coefficient (Wildman–Crippen LogP) is 0.790. The monoisotopic (exact) mass is 199 g/mol. The molecule has 14 heavy (non-hydrogen) atoms. The van der Waals surface area contributed by atoms with E-state index in [1.807, 2.05) is 13.8 Å². The van der Waals surface area contributed by atoms with Crippen molar-refractivity contribution in [1.29, 1.82) is 0 Å². The van der Waals surface area contributed by atoms with Crippen molar-refractivity contribution in [2.45, 2.75) is 32.7 Å². The van der Waals surface area contributed by atoms with Crippen molar-refractivity contribution in [3.05, 3.63) is 0 Å². The predicted molar refractivity (Wildman–Crippen MR) is 57.3 cm³/mol. The molecule has 1 aliphatic rings. The summed E-state index contributed by atoms with van der Waals surface area (Å²) in [5.41, 5.74) is 0. The summed E-state index contributed by atoms with van der Waals surface area (Å²) >= 11 is 0. The molecule has 1 aliphatic carbocycles. The first-order valence-corrected chi connectivity index (χ1v) is 5.54. The van der Waals surface area contributed by atoms with Gasteiger partial charge in [0.25, 0.3) is 0 Å². The van der Waals surface area contributed by atoms with Crippen LogP contribution in [0, 0.1) is 0 Å². The fourth-order valence-corrected chi connectivity index (χ4v) is 1.36. The summed E-state index contributed by atoms with van der Waals surface area (Å²) in [4.78, 5) is 13.2. The number of carbonyl (C=O) groups excluding carboxylic acids is 1. The maximum absolute atomic E-state index is 11.5. The highest BCUT2D eigenvalue weighted by Gasteiger charge is 2.19. The van der Waals surface area contributed by atoms with Gasteiger partial charge in [-0.2, -0.15) is 0 Å². The molecule has 0 aliphatic heterocycles. The molecular formula is C10H21N3O. The summed E-state index contributed by atoms with van der Waals surface area (Å²) < 4.78 is 0. The van der Waals surface area contributed by atoms with Gasteiger partial charge in [0.05, 0.1) is 0 Å². The van der Waals surface area contributed by atoms with Crippen LogP contribution in [0.1, 0.15) is 26.7 Å². The molecule has 0 radical (unpaired) electrons. The van der Waals surface area contributed by atoms with Crippen molar-refractivity contribution < 1.29 is 4.79 Å². The normalized spacial score (nSPS) is 15.3. The lowest BCUT2D eigenvalue weighted by Gasteiger charge is -2.19. The van der Waals surface area contributed by atoms with Crippen LogP contribution in [0.15, 0.2) is 0 Å². The lowest BCUT2D eigenvalue weighted by Crippen LogP contribution is -2.42. The summed E-state index contributed by atoms with van der Waals surface area (Å²) in [6.07, 6.45) is 2.59. The van der Waals surface area contributed by atoms with Crippen LogP contribution in [0.3, 0.4) is 0 Å². The lowest BCUT2D eigenvalue weighted by atomic mass is 10.5. The fourth-order valence-electron chi connectivity index (χ4n) is 1.36. The van der Waals surface area contributed by atoms with Crippen molar-refractivity contribution in [3.8, 4) is 0 Å². The molecule has 0 aromatic carbocycles. The Hall–Kier alpha value is -0.770. The number of hydrogen-bond acceptors (Lipinski definition) is 2. The van der Waals surface area contributed by atoms with Gasteiger partial charge in [0, 0.05) is 32.2 Å². The van der Waals surface area contributed by atoms with E-state index in [2.05, 4.69) is 10.6 Å². The van der Waals surface area contributed by atoms with Crippen molar-refractivity contribution in [2.75, 3.05) is 26.2 Å². The molecule has 0 aromatic heterocycles. The summed E-state index contributed by atoms with van der Waals surface area (Å²) in [6.45, 7) is 7.15. The second kappa shape index (κ2) is 5.86. The minimum absolute atomic E-state index is 0.0487. The Bertz CT molecular complexity index is 176. The average Bonchev–Trinajstić information content (AvgIpc) is 2.98. The van der Waals surface area contributed by atoms with Crippen molar-refractivity contribution in [3.63, 3.8) is 0 Å². The highest BCUT2D eigenvalue weighted by Crippen LogP contribution is 2.17. The molecule has 0 saturated heterocycles. The van der Waals surface area contributed by atoms with E-state index < -0.39 is 0 Å². The molecule has 4 nitrogen and oxygen atoms in total. The molecule has 0 bridgehead atoms. The molecule has 1 fully saturated rings. The molecule has 4 heteroatoms. The summed E-state index contributed by atoms with van der Waals surface area (Å²) in [5.74, 6) is 0. The van der Waals surface area contributed by atoms with Crippen LogP contribution in [-0.4, -0.2) is 43.2 Å². The van der Waals surface area contributed by atoms with Gasteiger partial charge < -0.3 is 15.5 Å². The highest BCUT2D eigenvalue weighted by molar-refractivity contribution is 5.74. The van der Waals surface area contributed by atoms with Gasteiger partial charge in [0.2, 0.25) is 0 Å². The Labute approximate surface area is 86.0 Å². The van der Waals surface area contributed by atoms with Gasteiger partial charge in [0.15, 0.2) is 0 Å². The van der Waals surface area contributed by atoms with Crippen molar-refractivity contribution >= 4 is 6.03 Å². The second-order valence-corrected chi connectivity index (χ2v) is 3.63. The minimum atomic E-state index is 0.0487. The zero-order valence-corrected chi connectivity index (χ0v) is 9.18. The number of nitrogens with one attached hydrogen (secondary N) is 2. The second-order valence-electron chi connectivity index (χ2n) is 3.63. The molecule has 0 atom stereocenters. The van der Waals surface area contributed by atoms with E-state index in [4.69, 9.17) is 0 Å². The van der Waals surface area contributed by atoms with Crippen LogP contribution in [0.4, 0.5) is 4.79 Å². The van der Waals surface area contributed by atoms with E-state index in [-0.39, 0.29) is 6.03 Å². The Morgan fingerprint density at radius 3 is 2.43 bits per heavy atom. The van der Waals surface area contributed by atoms with Crippen molar-refractivity contribution in [2.24, 2.45) is 0 Å². The summed E-state index contributed by atoms with van der Waals surface area (Å²) in [7, 11) is 0.